The molecular weight excluding hydrogens is 462 g/mol. The largest absolute Gasteiger partial charge is 0.456 e. The second-order valence-electron chi connectivity index (χ2n) is 7.71. The average molecular weight is 492 g/mol. The van der Waals surface area contributed by atoms with E-state index in [4.69, 9.17) is 4.74 Å². The summed E-state index contributed by atoms with van der Waals surface area (Å²) in [6, 6.07) is 6.47. The first kappa shape index (κ1) is 25.1. The van der Waals surface area contributed by atoms with Gasteiger partial charge in [0, 0.05) is 38.0 Å². The third kappa shape index (κ3) is 6.72. The summed E-state index contributed by atoms with van der Waals surface area (Å²) in [5, 5.41) is 2.32. The molecule has 0 atom stereocenters. The van der Waals surface area contributed by atoms with Crippen molar-refractivity contribution in [1.29, 1.82) is 0 Å². The molecule has 10 heteroatoms. The zero-order valence-electron chi connectivity index (χ0n) is 18.9. The predicted octanol–water partition coefficient (Wildman–Crippen LogP) is 3.84. The van der Waals surface area contributed by atoms with Crippen LogP contribution in [0.4, 0.5) is 5.13 Å². The Morgan fingerprint density at radius 3 is 2.42 bits per heavy atom. The highest BCUT2D eigenvalue weighted by atomic mass is 32.2. The summed E-state index contributed by atoms with van der Waals surface area (Å²) >= 11 is 1.32. The second kappa shape index (κ2) is 11.5. The Balaban J connectivity index is 1.55. The minimum Gasteiger partial charge on any atom is -0.456 e. The normalized spacial score (nSPS) is 15.3. The van der Waals surface area contributed by atoms with Gasteiger partial charge in [-0.2, -0.15) is 4.31 Å². The highest BCUT2D eigenvalue weighted by Gasteiger charge is 2.24. The maximum Gasteiger partial charge on any atom is 0.331 e. The Bertz CT molecular complexity index is 1090. The number of rotatable bonds is 8. The first-order valence-corrected chi connectivity index (χ1v) is 13.3. The van der Waals surface area contributed by atoms with Gasteiger partial charge in [-0.1, -0.05) is 25.0 Å². The number of hydrogen-bond donors (Lipinski definition) is 0. The van der Waals surface area contributed by atoms with Gasteiger partial charge in [0.25, 0.3) is 0 Å². The molecule has 1 aromatic heterocycles. The number of thiazole rings is 1. The molecule has 0 saturated carbocycles. The molecule has 0 aliphatic carbocycles. The first-order valence-electron chi connectivity index (χ1n) is 11.0. The fourth-order valence-corrected chi connectivity index (χ4v) is 5.95. The van der Waals surface area contributed by atoms with Gasteiger partial charge in [-0.3, -0.25) is 9.69 Å². The molecule has 0 spiro atoms. The van der Waals surface area contributed by atoms with Crippen LogP contribution >= 0.6 is 11.3 Å². The van der Waals surface area contributed by atoms with Crippen LogP contribution in [0, 0.1) is 0 Å². The Morgan fingerprint density at radius 2 is 1.82 bits per heavy atom. The van der Waals surface area contributed by atoms with Gasteiger partial charge < -0.3 is 4.74 Å². The number of esters is 1. The van der Waals surface area contributed by atoms with E-state index in [-0.39, 0.29) is 17.4 Å². The molecular formula is C23H29N3O5S2. The summed E-state index contributed by atoms with van der Waals surface area (Å²) in [6.45, 7) is 4.98. The lowest BCUT2D eigenvalue weighted by Crippen LogP contribution is -2.31. The minimum absolute atomic E-state index is 0.00213. The number of aromatic nitrogens is 1. The van der Waals surface area contributed by atoms with E-state index in [2.05, 4.69) is 4.98 Å². The number of benzene rings is 1. The Labute approximate surface area is 198 Å². The zero-order valence-corrected chi connectivity index (χ0v) is 20.5. The average Bonchev–Trinajstić information content (AvgIpc) is 3.07. The molecule has 8 nitrogen and oxygen atoms in total. The monoisotopic (exact) mass is 491 g/mol. The van der Waals surface area contributed by atoms with Crippen LogP contribution in [0.15, 0.2) is 40.6 Å². The number of ether oxygens (including phenoxy) is 1. The molecule has 0 radical (unpaired) electrons. The van der Waals surface area contributed by atoms with E-state index < -0.39 is 16.0 Å². The van der Waals surface area contributed by atoms with Gasteiger partial charge in [0.05, 0.1) is 10.6 Å². The summed E-state index contributed by atoms with van der Waals surface area (Å²) in [4.78, 5) is 29.8. The lowest BCUT2D eigenvalue weighted by molar-refractivity contribution is -0.139. The van der Waals surface area contributed by atoms with Crippen LogP contribution in [0.5, 0.6) is 0 Å². The molecule has 178 valence electrons. The van der Waals surface area contributed by atoms with Gasteiger partial charge >= 0.3 is 5.97 Å². The Hall–Kier alpha value is -2.56. The summed E-state index contributed by atoms with van der Waals surface area (Å²) < 4.78 is 32.5. The fraction of sp³-hybridized carbons (Fsp3) is 0.435. The van der Waals surface area contributed by atoms with E-state index in [1.54, 1.807) is 44.9 Å². The van der Waals surface area contributed by atoms with Crippen LogP contribution in [-0.4, -0.2) is 49.2 Å². The van der Waals surface area contributed by atoms with Crippen molar-refractivity contribution in [3.8, 4) is 0 Å². The van der Waals surface area contributed by atoms with Crippen molar-refractivity contribution >= 4 is 44.4 Å². The standard InChI is InChI=1S/C23H29N3O5S2/c1-3-26(18(2)27)23-24-20(17-32-23)16-31-22(28)13-10-19-8-11-21(12-9-19)33(29,30)25-14-6-4-5-7-15-25/h8-13,17H,3-7,14-16H2,1-2H3/b13-10+. The number of amides is 1. The van der Waals surface area contributed by atoms with Crippen molar-refractivity contribution in [3.05, 3.63) is 47.0 Å². The summed E-state index contributed by atoms with van der Waals surface area (Å²) in [7, 11) is -3.50. The number of hydrogen-bond acceptors (Lipinski definition) is 7. The topological polar surface area (TPSA) is 96.9 Å². The number of anilines is 1. The van der Waals surface area contributed by atoms with Crippen molar-refractivity contribution in [2.75, 3.05) is 24.5 Å². The van der Waals surface area contributed by atoms with Crippen molar-refractivity contribution in [2.45, 2.75) is 51.0 Å². The predicted molar refractivity (Wildman–Crippen MR) is 128 cm³/mol. The lowest BCUT2D eigenvalue weighted by Gasteiger charge is -2.19. The van der Waals surface area contributed by atoms with Gasteiger partial charge in [-0.05, 0) is 43.5 Å². The molecule has 3 rings (SSSR count). The van der Waals surface area contributed by atoms with Crippen LogP contribution in [0.3, 0.4) is 0 Å². The third-order valence-electron chi connectivity index (χ3n) is 5.32. The smallest absolute Gasteiger partial charge is 0.331 e. The SMILES string of the molecule is CCN(C(C)=O)c1nc(COC(=O)/C=C/c2ccc(S(=O)(=O)N3CCCCCC3)cc2)cs1. The first-order chi connectivity index (χ1) is 15.8. The van der Waals surface area contributed by atoms with Crippen LogP contribution in [0.25, 0.3) is 6.08 Å². The molecule has 2 aromatic rings. The van der Waals surface area contributed by atoms with Crippen LogP contribution in [0.2, 0.25) is 0 Å². The fourth-order valence-electron chi connectivity index (χ4n) is 3.52. The van der Waals surface area contributed by atoms with E-state index in [0.717, 1.165) is 25.7 Å². The van der Waals surface area contributed by atoms with Crippen LogP contribution in [0.1, 0.15) is 50.8 Å². The molecule has 1 amide bonds. The maximum atomic E-state index is 12.8. The lowest BCUT2D eigenvalue weighted by atomic mass is 10.2. The molecule has 1 aromatic carbocycles. The van der Waals surface area contributed by atoms with Gasteiger partial charge in [0.15, 0.2) is 5.13 Å². The zero-order chi connectivity index (χ0) is 23.8. The molecule has 0 bridgehead atoms. The molecule has 1 fully saturated rings. The summed E-state index contributed by atoms with van der Waals surface area (Å²) in [5.74, 6) is -0.631. The van der Waals surface area contributed by atoms with Gasteiger partial charge in [-0.15, -0.1) is 11.3 Å². The van der Waals surface area contributed by atoms with E-state index in [9.17, 15) is 18.0 Å². The second-order valence-corrected chi connectivity index (χ2v) is 10.5. The minimum atomic E-state index is -3.50. The molecule has 1 saturated heterocycles. The van der Waals surface area contributed by atoms with Crippen molar-refractivity contribution in [3.63, 3.8) is 0 Å². The highest BCUT2D eigenvalue weighted by Crippen LogP contribution is 2.22. The molecule has 0 unspecified atom stereocenters. The van der Waals surface area contributed by atoms with E-state index in [1.165, 1.54) is 24.3 Å². The van der Waals surface area contributed by atoms with E-state index in [1.807, 2.05) is 6.92 Å². The highest BCUT2D eigenvalue weighted by molar-refractivity contribution is 7.89. The number of carbonyl (C=O) groups is 2. The van der Waals surface area contributed by atoms with E-state index in [0.29, 0.717) is 36.0 Å². The summed E-state index contributed by atoms with van der Waals surface area (Å²) in [6.07, 6.45) is 6.76. The molecule has 2 heterocycles. The van der Waals surface area contributed by atoms with E-state index >= 15 is 0 Å². The van der Waals surface area contributed by atoms with Gasteiger partial charge in [0.1, 0.15) is 6.61 Å². The van der Waals surface area contributed by atoms with Crippen molar-refractivity contribution in [2.24, 2.45) is 0 Å². The molecule has 0 N–H and O–H groups in total. The van der Waals surface area contributed by atoms with Crippen LogP contribution < -0.4 is 4.90 Å². The molecule has 1 aliphatic heterocycles. The number of carbonyl (C=O) groups excluding carboxylic acids is 2. The Morgan fingerprint density at radius 1 is 1.15 bits per heavy atom. The molecule has 33 heavy (non-hydrogen) atoms. The van der Waals surface area contributed by atoms with Gasteiger partial charge in [-0.25, -0.2) is 18.2 Å². The molecule has 1 aliphatic rings. The van der Waals surface area contributed by atoms with Crippen molar-refractivity contribution < 1.29 is 22.7 Å². The maximum absolute atomic E-state index is 12.8. The van der Waals surface area contributed by atoms with Crippen molar-refractivity contribution in [1.82, 2.24) is 9.29 Å². The summed E-state index contributed by atoms with van der Waals surface area (Å²) in [5.41, 5.74) is 1.26. The number of nitrogens with zero attached hydrogens (tertiary/aromatic N) is 3. The quantitative estimate of drug-likeness (QED) is 0.411. The third-order valence-corrected chi connectivity index (χ3v) is 8.15. The van der Waals surface area contributed by atoms with Gasteiger partial charge in [0.2, 0.25) is 15.9 Å². The van der Waals surface area contributed by atoms with Crippen LogP contribution in [-0.2, 0) is 31.0 Å². The number of sulfonamides is 1. The Kier molecular flexibility index (Phi) is 8.76.